The predicted octanol–water partition coefficient (Wildman–Crippen LogP) is 4.12. The molecule has 2 heteroatoms. The highest BCUT2D eigenvalue weighted by atomic mass is 32.1. The third kappa shape index (κ3) is 3.44. The maximum absolute atomic E-state index is 5.74. The maximum Gasteiger partial charge on any atom is 0.00767 e. The first-order valence-corrected chi connectivity index (χ1v) is 7.47. The number of benzene rings is 1. The van der Waals surface area contributed by atoms with Crippen LogP contribution in [-0.4, -0.2) is 6.54 Å². The van der Waals surface area contributed by atoms with Gasteiger partial charge in [0.15, 0.2) is 0 Å². The Kier molecular flexibility index (Phi) is 4.97. The van der Waals surface area contributed by atoms with Crippen molar-refractivity contribution in [2.24, 2.45) is 5.73 Å². The zero-order valence-corrected chi connectivity index (χ0v) is 11.7. The summed E-state index contributed by atoms with van der Waals surface area (Å²) in [4.78, 5) is 1.48. The van der Waals surface area contributed by atoms with Gasteiger partial charge in [-0.3, -0.25) is 0 Å². The highest BCUT2D eigenvalue weighted by Gasteiger charge is 2.12. The molecule has 1 aromatic carbocycles. The largest absolute Gasteiger partial charge is 0.330 e. The van der Waals surface area contributed by atoms with E-state index < -0.39 is 0 Å². The van der Waals surface area contributed by atoms with Gasteiger partial charge in [0.2, 0.25) is 0 Å². The van der Waals surface area contributed by atoms with Crippen molar-refractivity contribution in [2.75, 3.05) is 6.54 Å². The number of nitrogens with two attached hydrogens (primary N) is 1. The van der Waals surface area contributed by atoms with Gasteiger partial charge in [-0.15, -0.1) is 11.3 Å². The van der Waals surface area contributed by atoms with Crippen LogP contribution in [0.4, 0.5) is 0 Å². The number of hydrogen-bond acceptors (Lipinski definition) is 2. The van der Waals surface area contributed by atoms with Crippen molar-refractivity contribution in [3.63, 3.8) is 0 Å². The lowest BCUT2D eigenvalue weighted by molar-refractivity contribution is 0.592. The van der Waals surface area contributed by atoms with Gasteiger partial charge in [0.25, 0.3) is 0 Å². The Morgan fingerprint density at radius 3 is 2.61 bits per heavy atom. The lowest BCUT2D eigenvalue weighted by atomic mass is 9.93. The van der Waals surface area contributed by atoms with Crippen molar-refractivity contribution in [1.82, 2.24) is 0 Å². The average molecular weight is 259 g/mol. The van der Waals surface area contributed by atoms with E-state index in [0.717, 1.165) is 19.4 Å². The van der Waals surface area contributed by atoms with Crippen molar-refractivity contribution in [3.8, 4) is 0 Å². The van der Waals surface area contributed by atoms with E-state index >= 15 is 0 Å². The van der Waals surface area contributed by atoms with Gasteiger partial charge >= 0.3 is 0 Å². The summed E-state index contributed by atoms with van der Waals surface area (Å²) in [5.41, 5.74) is 8.61. The molecule has 2 aromatic rings. The van der Waals surface area contributed by atoms with E-state index in [1.54, 1.807) is 0 Å². The minimum absolute atomic E-state index is 0.620. The molecule has 1 aromatic heterocycles. The van der Waals surface area contributed by atoms with Gasteiger partial charge in [0.05, 0.1) is 0 Å². The first-order valence-electron chi connectivity index (χ1n) is 6.59. The molecule has 96 valence electrons. The second-order valence-corrected chi connectivity index (χ2v) is 5.73. The molecule has 2 N–H and O–H groups in total. The van der Waals surface area contributed by atoms with E-state index in [1.165, 1.54) is 22.4 Å². The van der Waals surface area contributed by atoms with E-state index in [0.29, 0.717) is 5.92 Å². The molecule has 0 fully saturated rings. The molecule has 1 nitrogen and oxygen atoms in total. The minimum Gasteiger partial charge on any atom is -0.330 e. The Morgan fingerprint density at radius 2 is 1.94 bits per heavy atom. The molecule has 0 saturated carbocycles. The Labute approximate surface area is 114 Å². The van der Waals surface area contributed by atoms with E-state index in [1.807, 2.05) is 11.3 Å². The second kappa shape index (κ2) is 6.72. The van der Waals surface area contributed by atoms with E-state index in [4.69, 9.17) is 5.73 Å². The first kappa shape index (κ1) is 13.3. The van der Waals surface area contributed by atoms with Gasteiger partial charge in [0, 0.05) is 4.88 Å². The SMILES string of the molecule is Cc1ccccc1CCC(CCN)c1cccs1. The normalized spacial score (nSPS) is 12.6. The van der Waals surface area contributed by atoms with Gasteiger partial charge in [-0.1, -0.05) is 30.3 Å². The van der Waals surface area contributed by atoms with E-state index in [-0.39, 0.29) is 0 Å². The molecule has 0 aliphatic carbocycles. The van der Waals surface area contributed by atoms with E-state index in [9.17, 15) is 0 Å². The monoisotopic (exact) mass is 259 g/mol. The topological polar surface area (TPSA) is 26.0 Å². The van der Waals surface area contributed by atoms with Crippen LogP contribution in [0.1, 0.15) is 34.8 Å². The third-order valence-electron chi connectivity index (χ3n) is 3.48. The molecule has 0 aliphatic rings. The number of rotatable bonds is 6. The zero-order chi connectivity index (χ0) is 12.8. The molecule has 2 rings (SSSR count). The molecular weight excluding hydrogens is 238 g/mol. The molecule has 0 bridgehead atoms. The van der Waals surface area contributed by atoms with Gasteiger partial charge in [0.1, 0.15) is 0 Å². The van der Waals surface area contributed by atoms with Crippen LogP contribution < -0.4 is 5.73 Å². The predicted molar refractivity (Wildman–Crippen MR) is 80.2 cm³/mol. The molecular formula is C16H21NS. The van der Waals surface area contributed by atoms with Gasteiger partial charge in [-0.25, -0.2) is 0 Å². The molecule has 0 amide bonds. The summed E-state index contributed by atoms with van der Waals surface area (Å²) in [5, 5.41) is 2.16. The zero-order valence-electron chi connectivity index (χ0n) is 10.9. The Morgan fingerprint density at radius 1 is 1.11 bits per heavy atom. The van der Waals surface area contributed by atoms with Crippen LogP contribution in [0.3, 0.4) is 0 Å². The molecule has 1 heterocycles. The molecule has 0 saturated heterocycles. The Balaban J connectivity index is 2.00. The van der Waals surface area contributed by atoms with Gasteiger partial charge < -0.3 is 5.73 Å². The quantitative estimate of drug-likeness (QED) is 0.829. The fraction of sp³-hybridized carbons (Fsp3) is 0.375. The highest BCUT2D eigenvalue weighted by Crippen LogP contribution is 2.28. The third-order valence-corrected chi connectivity index (χ3v) is 4.52. The van der Waals surface area contributed by atoms with Crippen molar-refractivity contribution in [1.29, 1.82) is 0 Å². The fourth-order valence-corrected chi connectivity index (χ4v) is 3.27. The smallest absolute Gasteiger partial charge is 0.00767 e. The Bertz CT molecular complexity index is 462. The molecule has 1 atom stereocenters. The molecule has 0 spiro atoms. The van der Waals surface area contributed by atoms with Crippen LogP contribution in [0.5, 0.6) is 0 Å². The summed E-state index contributed by atoms with van der Waals surface area (Å²) in [6.45, 7) is 2.97. The van der Waals surface area contributed by atoms with Crippen molar-refractivity contribution in [2.45, 2.75) is 32.1 Å². The van der Waals surface area contributed by atoms with Crippen LogP contribution >= 0.6 is 11.3 Å². The van der Waals surface area contributed by atoms with Crippen molar-refractivity contribution < 1.29 is 0 Å². The van der Waals surface area contributed by atoms with Crippen molar-refractivity contribution in [3.05, 3.63) is 57.8 Å². The maximum atomic E-state index is 5.74. The first-order chi connectivity index (χ1) is 8.81. The molecule has 18 heavy (non-hydrogen) atoms. The number of thiophene rings is 1. The van der Waals surface area contributed by atoms with Crippen LogP contribution in [0.2, 0.25) is 0 Å². The molecule has 1 unspecified atom stereocenters. The van der Waals surface area contributed by atoms with Crippen molar-refractivity contribution >= 4 is 11.3 Å². The highest BCUT2D eigenvalue weighted by molar-refractivity contribution is 7.10. The lowest BCUT2D eigenvalue weighted by Crippen LogP contribution is -2.07. The summed E-state index contributed by atoms with van der Waals surface area (Å²) in [6.07, 6.45) is 3.43. The van der Waals surface area contributed by atoms with Crippen LogP contribution in [0.15, 0.2) is 41.8 Å². The summed E-state index contributed by atoms with van der Waals surface area (Å²) < 4.78 is 0. The summed E-state index contributed by atoms with van der Waals surface area (Å²) >= 11 is 1.85. The second-order valence-electron chi connectivity index (χ2n) is 4.75. The number of aryl methyl sites for hydroxylation is 2. The summed E-state index contributed by atoms with van der Waals surface area (Å²) in [6, 6.07) is 13.0. The van der Waals surface area contributed by atoms with Crippen LogP contribution in [0.25, 0.3) is 0 Å². The Hall–Kier alpha value is -1.12. The van der Waals surface area contributed by atoms with Gasteiger partial charge in [-0.05, 0) is 61.2 Å². The minimum atomic E-state index is 0.620. The molecule has 0 radical (unpaired) electrons. The van der Waals surface area contributed by atoms with Gasteiger partial charge in [-0.2, -0.15) is 0 Å². The lowest BCUT2D eigenvalue weighted by Gasteiger charge is -2.15. The van der Waals surface area contributed by atoms with E-state index in [2.05, 4.69) is 48.7 Å². The van der Waals surface area contributed by atoms with Crippen LogP contribution in [-0.2, 0) is 6.42 Å². The van der Waals surface area contributed by atoms with Crippen LogP contribution in [0, 0.1) is 6.92 Å². The molecule has 0 aliphatic heterocycles. The summed E-state index contributed by atoms with van der Waals surface area (Å²) in [5.74, 6) is 0.620. The fourth-order valence-electron chi connectivity index (χ4n) is 2.37. The summed E-state index contributed by atoms with van der Waals surface area (Å²) in [7, 11) is 0. The standard InChI is InChI=1S/C16H21NS/c1-13-5-2-3-6-14(13)8-9-15(10-11-17)16-7-4-12-18-16/h2-7,12,15H,8-11,17H2,1H3. The number of hydrogen-bond donors (Lipinski definition) is 1. The average Bonchev–Trinajstić information content (AvgIpc) is 2.90.